The van der Waals surface area contributed by atoms with Gasteiger partial charge < -0.3 is 19.9 Å². The molecule has 0 aliphatic carbocycles. The van der Waals surface area contributed by atoms with Gasteiger partial charge in [0.2, 0.25) is 0 Å². The summed E-state index contributed by atoms with van der Waals surface area (Å²) in [6.07, 6.45) is 0.841. The van der Waals surface area contributed by atoms with Crippen LogP contribution in [0.15, 0.2) is 28.8 Å². The standard InChI is InChI=1S/C17H21N3O3/c1-11-15(12(2)23-19-11)10-22-16-6-4-3-5-14(16)17(21)20-8-7-13(18)9-20/h3-6,13H,7-10,18H2,1-2H3/t13-/m1/s1. The van der Waals surface area contributed by atoms with E-state index in [-0.39, 0.29) is 11.9 Å². The molecule has 6 nitrogen and oxygen atoms in total. The van der Waals surface area contributed by atoms with Crippen molar-refractivity contribution in [3.63, 3.8) is 0 Å². The Labute approximate surface area is 135 Å². The minimum absolute atomic E-state index is 0.0349. The predicted octanol–water partition coefficient (Wildman–Crippen LogP) is 2.04. The zero-order valence-electron chi connectivity index (χ0n) is 13.4. The Morgan fingerprint density at radius 3 is 2.87 bits per heavy atom. The van der Waals surface area contributed by atoms with Gasteiger partial charge in [-0.3, -0.25) is 4.79 Å². The Kier molecular flexibility index (Phi) is 4.34. The number of carbonyl (C=O) groups is 1. The van der Waals surface area contributed by atoms with Crippen LogP contribution < -0.4 is 10.5 Å². The molecule has 0 saturated carbocycles. The zero-order valence-corrected chi connectivity index (χ0v) is 13.4. The highest BCUT2D eigenvalue weighted by Gasteiger charge is 2.26. The number of para-hydroxylation sites is 1. The molecule has 1 saturated heterocycles. The molecule has 1 fully saturated rings. The lowest BCUT2D eigenvalue weighted by atomic mass is 10.1. The fraction of sp³-hybridized carbons (Fsp3) is 0.412. The molecule has 0 radical (unpaired) electrons. The molecular formula is C17H21N3O3. The van der Waals surface area contributed by atoms with Crippen molar-refractivity contribution in [2.75, 3.05) is 13.1 Å². The lowest BCUT2D eigenvalue weighted by Gasteiger charge is -2.18. The molecule has 122 valence electrons. The van der Waals surface area contributed by atoms with Crippen molar-refractivity contribution in [3.8, 4) is 5.75 Å². The summed E-state index contributed by atoms with van der Waals surface area (Å²) in [5.74, 6) is 1.27. The van der Waals surface area contributed by atoms with Crippen LogP contribution in [0.1, 0.15) is 33.8 Å². The van der Waals surface area contributed by atoms with Gasteiger partial charge in [-0.1, -0.05) is 17.3 Å². The Hall–Kier alpha value is -2.34. The fourth-order valence-corrected chi connectivity index (χ4v) is 2.77. The van der Waals surface area contributed by atoms with Crippen molar-refractivity contribution in [3.05, 3.63) is 46.8 Å². The molecule has 23 heavy (non-hydrogen) atoms. The van der Waals surface area contributed by atoms with Crippen molar-refractivity contribution < 1.29 is 14.1 Å². The van der Waals surface area contributed by atoms with E-state index in [2.05, 4.69) is 5.16 Å². The Balaban J connectivity index is 1.77. The van der Waals surface area contributed by atoms with Crippen LogP contribution in [0.25, 0.3) is 0 Å². The van der Waals surface area contributed by atoms with Crippen LogP contribution in [0.2, 0.25) is 0 Å². The van der Waals surface area contributed by atoms with E-state index < -0.39 is 0 Å². The molecule has 1 aromatic heterocycles. The second kappa shape index (κ2) is 6.42. The fourth-order valence-electron chi connectivity index (χ4n) is 2.77. The van der Waals surface area contributed by atoms with Gasteiger partial charge in [-0.25, -0.2) is 0 Å². The van der Waals surface area contributed by atoms with E-state index >= 15 is 0 Å². The molecule has 0 bridgehead atoms. The van der Waals surface area contributed by atoms with Crippen molar-refractivity contribution in [1.29, 1.82) is 0 Å². The SMILES string of the molecule is Cc1noc(C)c1COc1ccccc1C(=O)N1CC[C@@H](N)C1. The third-order valence-electron chi connectivity index (χ3n) is 4.18. The van der Waals surface area contributed by atoms with E-state index in [4.69, 9.17) is 15.0 Å². The highest BCUT2D eigenvalue weighted by Crippen LogP contribution is 2.24. The zero-order chi connectivity index (χ0) is 16.4. The molecule has 3 rings (SSSR count). The summed E-state index contributed by atoms with van der Waals surface area (Å²) in [7, 11) is 0. The molecule has 0 unspecified atom stereocenters. The van der Waals surface area contributed by atoms with Crippen molar-refractivity contribution in [2.45, 2.75) is 32.9 Å². The second-order valence-corrected chi connectivity index (χ2v) is 5.89. The van der Waals surface area contributed by atoms with Crippen LogP contribution >= 0.6 is 0 Å². The first kappa shape index (κ1) is 15.6. The number of aryl methyl sites for hydroxylation is 2. The minimum Gasteiger partial charge on any atom is -0.488 e. The molecule has 1 aliphatic rings. The topological polar surface area (TPSA) is 81.6 Å². The molecule has 1 aromatic carbocycles. The molecular weight excluding hydrogens is 294 g/mol. The minimum atomic E-state index is -0.0349. The third kappa shape index (κ3) is 3.22. The maximum Gasteiger partial charge on any atom is 0.257 e. The van der Waals surface area contributed by atoms with Crippen LogP contribution in [-0.4, -0.2) is 35.1 Å². The number of rotatable bonds is 4. The number of hydrogen-bond acceptors (Lipinski definition) is 5. The average Bonchev–Trinajstić information content (AvgIpc) is 3.12. The number of aromatic nitrogens is 1. The number of nitrogens with two attached hydrogens (primary N) is 1. The van der Waals surface area contributed by atoms with Gasteiger partial charge in [0.1, 0.15) is 18.1 Å². The molecule has 6 heteroatoms. The predicted molar refractivity (Wildman–Crippen MR) is 85.2 cm³/mol. The first-order valence-corrected chi connectivity index (χ1v) is 7.74. The van der Waals surface area contributed by atoms with E-state index in [1.54, 1.807) is 17.0 Å². The summed E-state index contributed by atoms with van der Waals surface area (Å²) in [5, 5.41) is 3.91. The molecule has 1 atom stereocenters. The summed E-state index contributed by atoms with van der Waals surface area (Å²) in [4.78, 5) is 14.4. The molecule has 1 amide bonds. The molecule has 1 aliphatic heterocycles. The van der Waals surface area contributed by atoms with Gasteiger partial charge in [0.05, 0.1) is 16.8 Å². The first-order valence-electron chi connectivity index (χ1n) is 7.74. The van der Waals surface area contributed by atoms with E-state index in [1.165, 1.54) is 0 Å². The van der Waals surface area contributed by atoms with E-state index in [1.807, 2.05) is 26.0 Å². The lowest BCUT2D eigenvalue weighted by molar-refractivity contribution is 0.0786. The molecule has 2 N–H and O–H groups in total. The maximum atomic E-state index is 12.7. The number of ether oxygens (including phenoxy) is 1. The van der Waals surface area contributed by atoms with Crippen molar-refractivity contribution in [1.82, 2.24) is 10.1 Å². The highest BCUT2D eigenvalue weighted by atomic mass is 16.5. The van der Waals surface area contributed by atoms with Gasteiger partial charge in [-0.15, -0.1) is 0 Å². The van der Waals surface area contributed by atoms with Crippen LogP contribution in [-0.2, 0) is 6.61 Å². The number of likely N-dealkylation sites (tertiary alicyclic amines) is 1. The third-order valence-corrected chi connectivity index (χ3v) is 4.18. The number of benzene rings is 1. The maximum absolute atomic E-state index is 12.7. The number of carbonyl (C=O) groups excluding carboxylic acids is 1. The summed E-state index contributed by atoms with van der Waals surface area (Å²) >= 11 is 0. The van der Waals surface area contributed by atoms with Gasteiger partial charge in [0.25, 0.3) is 5.91 Å². The van der Waals surface area contributed by atoms with Crippen LogP contribution in [0, 0.1) is 13.8 Å². The quantitative estimate of drug-likeness (QED) is 0.933. The van der Waals surface area contributed by atoms with Gasteiger partial charge in [-0.05, 0) is 32.4 Å². The van der Waals surface area contributed by atoms with E-state index in [0.717, 1.165) is 23.4 Å². The Bertz CT molecular complexity index is 691. The van der Waals surface area contributed by atoms with Gasteiger partial charge in [0.15, 0.2) is 0 Å². The second-order valence-electron chi connectivity index (χ2n) is 5.89. The van der Waals surface area contributed by atoms with Crippen LogP contribution in [0.4, 0.5) is 0 Å². The summed E-state index contributed by atoms with van der Waals surface area (Å²) in [6.45, 7) is 5.33. The highest BCUT2D eigenvalue weighted by molar-refractivity contribution is 5.97. The van der Waals surface area contributed by atoms with Crippen LogP contribution in [0.5, 0.6) is 5.75 Å². The largest absolute Gasteiger partial charge is 0.488 e. The molecule has 2 aromatic rings. The average molecular weight is 315 g/mol. The van der Waals surface area contributed by atoms with Gasteiger partial charge in [-0.2, -0.15) is 0 Å². The Morgan fingerprint density at radius 2 is 2.22 bits per heavy atom. The Morgan fingerprint density at radius 1 is 1.43 bits per heavy atom. The number of nitrogens with zero attached hydrogens (tertiary/aromatic N) is 2. The lowest BCUT2D eigenvalue weighted by Crippen LogP contribution is -2.32. The van der Waals surface area contributed by atoms with Gasteiger partial charge >= 0.3 is 0 Å². The molecule has 2 heterocycles. The van der Waals surface area contributed by atoms with Crippen LogP contribution in [0.3, 0.4) is 0 Å². The monoisotopic (exact) mass is 315 g/mol. The van der Waals surface area contributed by atoms with Crippen molar-refractivity contribution >= 4 is 5.91 Å². The summed E-state index contributed by atoms with van der Waals surface area (Å²) in [6, 6.07) is 7.35. The van der Waals surface area contributed by atoms with E-state index in [9.17, 15) is 4.79 Å². The molecule has 0 spiro atoms. The van der Waals surface area contributed by atoms with E-state index in [0.29, 0.717) is 31.0 Å². The number of hydrogen-bond donors (Lipinski definition) is 1. The number of amides is 1. The first-order chi connectivity index (χ1) is 11.1. The summed E-state index contributed by atoms with van der Waals surface area (Å²) < 4.78 is 11.0. The van der Waals surface area contributed by atoms with Gasteiger partial charge in [0, 0.05) is 19.1 Å². The normalized spacial score (nSPS) is 17.5. The smallest absolute Gasteiger partial charge is 0.257 e. The summed E-state index contributed by atoms with van der Waals surface area (Å²) in [5.41, 5.74) is 8.17. The van der Waals surface area contributed by atoms with Crippen molar-refractivity contribution in [2.24, 2.45) is 5.73 Å².